The van der Waals surface area contributed by atoms with Crippen LogP contribution in [0.2, 0.25) is 0 Å². The van der Waals surface area contributed by atoms with E-state index in [0.29, 0.717) is 0 Å². The lowest BCUT2D eigenvalue weighted by Crippen LogP contribution is -1.75. The summed E-state index contributed by atoms with van der Waals surface area (Å²) >= 11 is 0. The quantitative estimate of drug-likeness (QED) is 0.707. The maximum atomic E-state index is 8.70. The fourth-order valence-electron chi connectivity index (χ4n) is 1.39. The highest BCUT2D eigenvalue weighted by Gasteiger charge is 1.93. The third kappa shape index (κ3) is 5.88. The highest BCUT2D eigenvalue weighted by molar-refractivity contribution is 7.30. The lowest BCUT2D eigenvalue weighted by Gasteiger charge is -1.98. The monoisotopic (exact) mass is 253 g/mol. The van der Waals surface area contributed by atoms with E-state index in [1.54, 1.807) is 0 Å². The van der Waals surface area contributed by atoms with Crippen molar-refractivity contribution in [2.24, 2.45) is 0 Å². The van der Waals surface area contributed by atoms with Crippen LogP contribution in [-0.2, 0) is 9.36 Å². The number of hydrogen-bond acceptors (Lipinski definition) is 2. The van der Waals surface area contributed by atoms with Gasteiger partial charge in [-0.05, 0) is 23.3 Å². The Hall–Kier alpha value is -1.61. The molecule has 0 saturated carbocycles. The smallest absolute Gasteiger partial charge is 0.307 e. The topological polar surface area (TPSA) is 74.6 Å². The average Bonchev–Trinajstić information content (AvgIpc) is 2.32. The van der Waals surface area contributed by atoms with Gasteiger partial charge in [0.15, 0.2) is 0 Å². The van der Waals surface area contributed by atoms with Crippen LogP contribution in [-0.4, -0.2) is 16.6 Å². The van der Waals surface area contributed by atoms with E-state index in [1.165, 1.54) is 16.3 Å². The van der Waals surface area contributed by atoms with Gasteiger partial charge in [0.1, 0.15) is 6.79 Å². The molecule has 0 heterocycles. The molecule has 90 valence electrons. The number of aryl methyl sites for hydroxylation is 1. The van der Waals surface area contributed by atoms with Crippen molar-refractivity contribution in [3.8, 4) is 0 Å². The van der Waals surface area contributed by atoms with Crippen molar-refractivity contribution in [3.63, 3.8) is 0 Å². The molecule has 0 fully saturated rings. The minimum atomic E-state index is -2.87. The number of benzene rings is 2. The molecule has 2 N–H and O–H groups in total. The van der Waals surface area contributed by atoms with Crippen LogP contribution < -0.4 is 0 Å². The van der Waals surface area contributed by atoms with E-state index >= 15 is 0 Å². The molecule has 2 aromatic carbocycles. The van der Waals surface area contributed by atoms with Gasteiger partial charge in [0.25, 0.3) is 0 Å². The Kier molecular flexibility index (Phi) is 7.72. The number of carbonyl (C=O) groups is 1. The van der Waals surface area contributed by atoms with Gasteiger partial charge < -0.3 is 4.79 Å². The molecule has 0 aliphatic heterocycles. The van der Waals surface area contributed by atoms with Crippen molar-refractivity contribution in [2.75, 3.05) is 0 Å². The van der Waals surface area contributed by atoms with E-state index in [1.807, 2.05) is 6.79 Å². The van der Waals surface area contributed by atoms with E-state index in [0.717, 1.165) is 0 Å². The molecule has 0 unspecified atom stereocenters. The molecule has 0 amide bonds. The van der Waals surface area contributed by atoms with Gasteiger partial charge in [0, 0.05) is 4.57 Å². The minimum absolute atomic E-state index is 1.33. The Morgan fingerprint density at radius 3 is 2.00 bits per heavy atom. The molecular weight excluding hydrogens is 239 g/mol. The Bertz CT molecular complexity index is 475. The van der Waals surface area contributed by atoms with Gasteiger partial charge in [0.2, 0.25) is 0 Å². The summed E-state index contributed by atoms with van der Waals surface area (Å²) in [7, 11) is -2.87. The second kappa shape index (κ2) is 8.53. The van der Waals surface area contributed by atoms with Gasteiger partial charge in [0.05, 0.1) is 0 Å². The predicted molar refractivity (Wildman–Crippen MR) is 67.9 cm³/mol. The molecule has 4 nitrogen and oxygen atoms in total. The van der Waals surface area contributed by atoms with Crippen molar-refractivity contribution in [1.82, 2.24) is 0 Å². The maximum absolute atomic E-state index is 8.70. The van der Waals surface area contributed by atoms with Gasteiger partial charge in [-0.15, -0.1) is 9.79 Å². The first-order valence-corrected chi connectivity index (χ1v) is 5.86. The molecule has 2 aromatic rings. The lowest BCUT2D eigenvalue weighted by molar-refractivity contribution is -0.0979. The molecule has 17 heavy (non-hydrogen) atoms. The molecule has 0 spiro atoms. The summed E-state index contributed by atoms with van der Waals surface area (Å²) in [6, 6.07) is 14.8. The summed E-state index contributed by atoms with van der Waals surface area (Å²) in [6.07, 6.45) is 0. The third-order valence-corrected chi connectivity index (χ3v) is 2.01. The van der Waals surface area contributed by atoms with Crippen LogP contribution in [0.5, 0.6) is 0 Å². The summed E-state index contributed by atoms with van der Waals surface area (Å²) in [5.74, 6) is 0. The molecule has 0 aromatic heterocycles. The summed E-state index contributed by atoms with van der Waals surface area (Å²) < 4.78 is 8.70. The maximum Gasteiger partial charge on any atom is 0.692 e. The van der Waals surface area contributed by atoms with Crippen molar-refractivity contribution >= 4 is 25.8 Å². The fraction of sp³-hybridized carbons (Fsp3) is 0.0833. The number of fused-ring (bicyclic) bond motifs is 1. The first kappa shape index (κ1) is 15.4. The molecule has 0 atom stereocenters. The van der Waals surface area contributed by atoms with Crippen LogP contribution >= 0.6 is 8.25 Å². The number of rotatable bonds is 0. The molecule has 0 bridgehead atoms. The normalized spacial score (nSPS) is 8.41. The van der Waals surface area contributed by atoms with Crippen LogP contribution in [0.4, 0.5) is 0 Å². The number of carbonyl (C=O) groups excluding carboxylic acids is 1. The van der Waals surface area contributed by atoms with Gasteiger partial charge in [-0.25, -0.2) is 0 Å². The second-order valence-electron chi connectivity index (χ2n) is 3.05. The van der Waals surface area contributed by atoms with Crippen molar-refractivity contribution in [3.05, 3.63) is 48.0 Å². The highest BCUT2D eigenvalue weighted by Crippen LogP contribution is 2.16. The van der Waals surface area contributed by atoms with Crippen molar-refractivity contribution in [1.29, 1.82) is 0 Å². The summed E-state index contributed by atoms with van der Waals surface area (Å²) in [4.78, 5) is 22.2. The second-order valence-corrected chi connectivity index (χ2v) is 3.55. The zero-order chi connectivity index (χ0) is 13.3. The molecule has 0 aliphatic rings. The molecule has 0 saturated heterocycles. The molecule has 2 rings (SSSR count). The summed E-state index contributed by atoms with van der Waals surface area (Å²) in [6.45, 7) is 4.14. The Morgan fingerprint density at radius 2 is 1.47 bits per heavy atom. The van der Waals surface area contributed by atoms with E-state index in [2.05, 4.69) is 49.4 Å². The zero-order valence-electron chi connectivity index (χ0n) is 9.41. The van der Waals surface area contributed by atoms with E-state index in [4.69, 9.17) is 19.1 Å². The van der Waals surface area contributed by atoms with E-state index < -0.39 is 8.25 Å². The zero-order valence-corrected chi connectivity index (χ0v) is 10.3. The molecular formula is C12H14O4P+. The standard InChI is InChI=1S/C11H10.CH2O.HO3P/c1-9-5-4-7-10-6-2-3-8-11(9)10;1-2;1-4(2)3/h2-8H,1H3;1H2;(H-,1,2,3)/p+1. The SMILES string of the molecule is C=O.Cc1cccc2ccccc12.O=[P+](O)O. The predicted octanol–water partition coefficient (Wildman–Crippen LogP) is 2.59. The van der Waals surface area contributed by atoms with Crippen molar-refractivity contribution in [2.45, 2.75) is 6.92 Å². The van der Waals surface area contributed by atoms with Gasteiger partial charge in [-0.2, -0.15) is 0 Å². The van der Waals surface area contributed by atoms with Crippen LogP contribution in [0.3, 0.4) is 0 Å². The van der Waals surface area contributed by atoms with Crippen molar-refractivity contribution < 1.29 is 19.1 Å². The Morgan fingerprint density at radius 1 is 1.00 bits per heavy atom. The first-order valence-electron chi connectivity index (χ1n) is 4.69. The van der Waals surface area contributed by atoms with Gasteiger partial charge in [-0.1, -0.05) is 42.5 Å². The van der Waals surface area contributed by atoms with E-state index in [-0.39, 0.29) is 0 Å². The Balaban J connectivity index is 0.000000368. The third-order valence-electron chi connectivity index (χ3n) is 2.01. The average molecular weight is 253 g/mol. The fourth-order valence-corrected chi connectivity index (χ4v) is 1.39. The van der Waals surface area contributed by atoms with Gasteiger partial charge >= 0.3 is 8.25 Å². The van der Waals surface area contributed by atoms with Crippen LogP contribution in [0.1, 0.15) is 5.56 Å². The van der Waals surface area contributed by atoms with Crippen LogP contribution in [0.15, 0.2) is 42.5 Å². The van der Waals surface area contributed by atoms with Crippen LogP contribution in [0, 0.1) is 6.92 Å². The highest BCUT2D eigenvalue weighted by atomic mass is 31.1. The van der Waals surface area contributed by atoms with Crippen LogP contribution in [0.25, 0.3) is 10.8 Å². The molecule has 0 radical (unpaired) electrons. The molecule has 5 heteroatoms. The Labute approximate surface area is 100 Å². The lowest BCUT2D eigenvalue weighted by atomic mass is 10.1. The first-order chi connectivity index (χ1) is 8.11. The van der Waals surface area contributed by atoms with E-state index in [9.17, 15) is 0 Å². The largest absolute Gasteiger partial charge is 0.692 e. The summed E-state index contributed by atoms with van der Waals surface area (Å²) in [5, 5.41) is 2.68. The summed E-state index contributed by atoms with van der Waals surface area (Å²) in [5.41, 5.74) is 1.35. The molecule has 0 aliphatic carbocycles. The van der Waals surface area contributed by atoms with Gasteiger partial charge in [-0.3, -0.25) is 0 Å². The number of hydrogen-bond donors (Lipinski definition) is 2. The minimum Gasteiger partial charge on any atom is -0.307 e.